The van der Waals surface area contributed by atoms with E-state index in [1.54, 1.807) is 6.07 Å². The largest absolute Gasteiger partial charge is 0.488 e. The molecule has 1 aromatic rings. The number of ether oxygens (including phenoxy) is 1. The first-order valence-corrected chi connectivity index (χ1v) is 6.91. The third kappa shape index (κ3) is 4.25. The van der Waals surface area contributed by atoms with E-state index in [4.69, 9.17) is 10.5 Å². The molecule has 2 unspecified atom stereocenters. The summed E-state index contributed by atoms with van der Waals surface area (Å²) < 4.78 is 19.9. The van der Waals surface area contributed by atoms with E-state index in [9.17, 15) is 4.39 Å². The number of halogens is 2. The smallest absolute Gasteiger partial charge is 0.128 e. The number of benzene rings is 1. The molecule has 0 aliphatic carbocycles. The van der Waals surface area contributed by atoms with Crippen LogP contribution in [0.1, 0.15) is 34.1 Å². The molecule has 0 aromatic heterocycles. The normalized spacial score (nSPS) is 15.3. The Labute approximate surface area is 117 Å². The summed E-state index contributed by atoms with van der Waals surface area (Å²) in [5.41, 5.74) is 5.99. The minimum absolute atomic E-state index is 0.0768. The van der Waals surface area contributed by atoms with Gasteiger partial charge in [0, 0.05) is 22.0 Å². The van der Waals surface area contributed by atoms with Crippen LogP contribution in [0.3, 0.4) is 0 Å². The number of hydrogen-bond donors (Lipinski definition) is 1. The Balaban J connectivity index is 2.96. The monoisotopic (exact) mass is 317 g/mol. The average Bonchev–Trinajstić information content (AvgIpc) is 2.22. The van der Waals surface area contributed by atoms with Gasteiger partial charge >= 0.3 is 0 Å². The van der Waals surface area contributed by atoms with Crippen LogP contribution in [0, 0.1) is 11.2 Å². The molecule has 2 nitrogen and oxygen atoms in total. The molecule has 0 saturated carbocycles. The maximum absolute atomic E-state index is 13.3. The van der Waals surface area contributed by atoms with E-state index < -0.39 is 0 Å². The summed E-state index contributed by atoms with van der Waals surface area (Å²) in [6, 6.07) is 4.46. The van der Waals surface area contributed by atoms with Crippen LogP contribution in [0.5, 0.6) is 5.75 Å². The molecule has 0 bridgehead atoms. The predicted octanol–water partition coefficient (Wildman–Crippen LogP) is 4.12. The first-order chi connectivity index (χ1) is 8.24. The van der Waals surface area contributed by atoms with Crippen LogP contribution in [-0.2, 0) is 0 Å². The van der Waals surface area contributed by atoms with Crippen molar-refractivity contribution < 1.29 is 9.13 Å². The van der Waals surface area contributed by atoms with Gasteiger partial charge in [0.15, 0.2) is 0 Å². The lowest BCUT2D eigenvalue weighted by molar-refractivity contribution is 0.0618. The highest BCUT2D eigenvalue weighted by molar-refractivity contribution is 9.10. The van der Waals surface area contributed by atoms with E-state index >= 15 is 0 Å². The SMILES string of the molecule is CCC(N)C(Oc1cc(F)cc(Br)c1)C(C)(C)C. The number of hydrogen-bond acceptors (Lipinski definition) is 2. The topological polar surface area (TPSA) is 35.2 Å². The molecule has 0 aliphatic rings. The Morgan fingerprint density at radius 2 is 1.94 bits per heavy atom. The van der Waals surface area contributed by atoms with Gasteiger partial charge in [-0.3, -0.25) is 0 Å². The molecule has 0 fully saturated rings. The second-order valence-electron chi connectivity index (χ2n) is 5.58. The molecule has 0 amide bonds. The van der Waals surface area contributed by atoms with Crippen molar-refractivity contribution in [1.82, 2.24) is 0 Å². The zero-order valence-electron chi connectivity index (χ0n) is 11.3. The van der Waals surface area contributed by atoms with Gasteiger partial charge in [0.05, 0.1) is 0 Å². The highest BCUT2D eigenvalue weighted by Gasteiger charge is 2.31. The highest BCUT2D eigenvalue weighted by Crippen LogP contribution is 2.29. The van der Waals surface area contributed by atoms with Crippen LogP contribution in [-0.4, -0.2) is 12.1 Å². The van der Waals surface area contributed by atoms with Gasteiger partial charge in [-0.1, -0.05) is 43.6 Å². The standard InChI is InChI=1S/C14H21BrFNO/c1-5-12(17)13(14(2,3)4)18-11-7-9(15)6-10(16)8-11/h6-8,12-13H,5,17H2,1-4H3. The van der Waals surface area contributed by atoms with Gasteiger partial charge in [0.25, 0.3) is 0 Å². The van der Waals surface area contributed by atoms with Crippen molar-refractivity contribution in [2.75, 3.05) is 0 Å². The first-order valence-electron chi connectivity index (χ1n) is 6.12. The van der Waals surface area contributed by atoms with Gasteiger partial charge in [-0.05, 0) is 18.6 Å². The molecule has 0 aliphatic heterocycles. The Morgan fingerprint density at radius 1 is 1.33 bits per heavy atom. The van der Waals surface area contributed by atoms with Crippen molar-refractivity contribution >= 4 is 15.9 Å². The van der Waals surface area contributed by atoms with Crippen LogP contribution < -0.4 is 10.5 Å². The van der Waals surface area contributed by atoms with E-state index in [1.165, 1.54) is 12.1 Å². The number of nitrogens with two attached hydrogens (primary N) is 1. The first kappa shape index (κ1) is 15.4. The Hall–Kier alpha value is -0.610. The van der Waals surface area contributed by atoms with E-state index in [0.29, 0.717) is 10.2 Å². The van der Waals surface area contributed by atoms with E-state index in [-0.39, 0.29) is 23.4 Å². The highest BCUT2D eigenvalue weighted by atomic mass is 79.9. The molecule has 4 heteroatoms. The second-order valence-corrected chi connectivity index (χ2v) is 6.50. The van der Waals surface area contributed by atoms with Crippen molar-refractivity contribution in [3.8, 4) is 5.75 Å². The maximum Gasteiger partial charge on any atom is 0.128 e. The van der Waals surface area contributed by atoms with Crippen LogP contribution in [0.25, 0.3) is 0 Å². The van der Waals surface area contributed by atoms with Crippen molar-refractivity contribution in [3.63, 3.8) is 0 Å². The molecule has 0 radical (unpaired) electrons. The summed E-state index contributed by atoms with van der Waals surface area (Å²) in [5, 5.41) is 0. The summed E-state index contributed by atoms with van der Waals surface area (Å²) in [5.74, 6) is 0.183. The van der Waals surface area contributed by atoms with Crippen LogP contribution in [0.4, 0.5) is 4.39 Å². The molecule has 0 heterocycles. The Kier molecular flexibility index (Phi) is 5.17. The third-order valence-corrected chi connectivity index (χ3v) is 3.27. The Morgan fingerprint density at radius 3 is 2.39 bits per heavy atom. The van der Waals surface area contributed by atoms with E-state index in [2.05, 4.69) is 36.7 Å². The van der Waals surface area contributed by atoms with Crippen LogP contribution in [0.2, 0.25) is 0 Å². The van der Waals surface area contributed by atoms with Gasteiger partial charge in [-0.25, -0.2) is 4.39 Å². The molecule has 2 N–H and O–H groups in total. The lowest BCUT2D eigenvalue weighted by atomic mass is 9.84. The summed E-state index contributed by atoms with van der Waals surface area (Å²) in [6.07, 6.45) is 0.662. The fourth-order valence-electron chi connectivity index (χ4n) is 1.86. The van der Waals surface area contributed by atoms with Crippen molar-refractivity contribution in [3.05, 3.63) is 28.5 Å². The fourth-order valence-corrected chi connectivity index (χ4v) is 2.31. The molecular weight excluding hydrogens is 297 g/mol. The van der Waals surface area contributed by atoms with Gasteiger partial charge in [-0.2, -0.15) is 0 Å². The Bertz CT molecular complexity index is 383. The molecule has 2 atom stereocenters. The summed E-state index contributed by atoms with van der Waals surface area (Å²) in [6.45, 7) is 8.23. The summed E-state index contributed by atoms with van der Waals surface area (Å²) >= 11 is 3.26. The van der Waals surface area contributed by atoms with Gasteiger partial charge < -0.3 is 10.5 Å². The number of rotatable bonds is 4. The average molecular weight is 318 g/mol. The van der Waals surface area contributed by atoms with Crippen molar-refractivity contribution in [2.45, 2.75) is 46.3 Å². The van der Waals surface area contributed by atoms with Crippen molar-refractivity contribution in [1.29, 1.82) is 0 Å². The van der Waals surface area contributed by atoms with Crippen LogP contribution >= 0.6 is 15.9 Å². The van der Waals surface area contributed by atoms with Gasteiger partial charge in [0.1, 0.15) is 17.7 Å². The molecule has 0 spiro atoms. The molecule has 1 aromatic carbocycles. The molecule has 0 saturated heterocycles. The zero-order valence-corrected chi connectivity index (χ0v) is 12.9. The summed E-state index contributed by atoms with van der Waals surface area (Å²) in [7, 11) is 0. The lowest BCUT2D eigenvalue weighted by Gasteiger charge is -2.35. The molecule has 102 valence electrons. The molecule has 18 heavy (non-hydrogen) atoms. The minimum Gasteiger partial charge on any atom is -0.488 e. The zero-order chi connectivity index (χ0) is 13.9. The maximum atomic E-state index is 13.3. The molecule has 1 rings (SSSR count). The predicted molar refractivity (Wildman–Crippen MR) is 76.2 cm³/mol. The molecular formula is C14H21BrFNO. The van der Waals surface area contributed by atoms with E-state index in [0.717, 1.165) is 6.42 Å². The summed E-state index contributed by atoms with van der Waals surface area (Å²) in [4.78, 5) is 0. The van der Waals surface area contributed by atoms with Gasteiger partial charge in [0.2, 0.25) is 0 Å². The van der Waals surface area contributed by atoms with Gasteiger partial charge in [-0.15, -0.1) is 0 Å². The quantitative estimate of drug-likeness (QED) is 0.906. The minimum atomic E-state index is -0.322. The second kappa shape index (κ2) is 6.02. The van der Waals surface area contributed by atoms with Crippen LogP contribution in [0.15, 0.2) is 22.7 Å². The van der Waals surface area contributed by atoms with E-state index in [1.807, 2.05) is 6.92 Å². The fraction of sp³-hybridized carbons (Fsp3) is 0.571. The third-order valence-electron chi connectivity index (χ3n) is 2.81. The lowest BCUT2D eigenvalue weighted by Crippen LogP contribution is -2.47. The van der Waals surface area contributed by atoms with Crippen molar-refractivity contribution in [2.24, 2.45) is 11.1 Å².